The average Bonchev–Trinajstić information content (AvgIpc) is 3.17. The second-order valence-electron chi connectivity index (χ2n) is 6.39. The van der Waals surface area contributed by atoms with Gasteiger partial charge in [-0.2, -0.15) is 0 Å². The lowest BCUT2D eigenvalue weighted by Crippen LogP contribution is -2.51. The summed E-state index contributed by atoms with van der Waals surface area (Å²) in [5, 5.41) is 3.68. The van der Waals surface area contributed by atoms with Crippen molar-refractivity contribution < 1.29 is 14.0 Å². The Kier molecular flexibility index (Phi) is 5.96. The first-order valence-electron chi connectivity index (χ1n) is 8.63. The highest BCUT2D eigenvalue weighted by Crippen LogP contribution is 2.16. The largest absolute Gasteiger partial charge is 0.459 e. The van der Waals surface area contributed by atoms with E-state index in [9.17, 15) is 9.59 Å². The van der Waals surface area contributed by atoms with Gasteiger partial charge < -0.3 is 14.6 Å². The SMILES string of the molecule is CC(NC(=O)CN1CCN(C(=O)c2ccco2)CC1)c1ccc(Cl)cc1. The molecule has 0 aliphatic carbocycles. The van der Waals surface area contributed by atoms with Crippen LogP contribution in [0.4, 0.5) is 0 Å². The number of hydrogen-bond donors (Lipinski definition) is 1. The molecule has 0 spiro atoms. The van der Waals surface area contributed by atoms with Crippen LogP contribution in [0.5, 0.6) is 0 Å². The van der Waals surface area contributed by atoms with Crippen LogP contribution in [0.15, 0.2) is 47.1 Å². The topological polar surface area (TPSA) is 65.8 Å². The standard InChI is InChI=1S/C19H22ClN3O3/c1-14(15-4-6-16(20)7-5-15)21-18(24)13-22-8-10-23(11-9-22)19(25)17-3-2-12-26-17/h2-7,12,14H,8-11,13H2,1H3,(H,21,24). The Hall–Kier alpha value is -2.31. The molecule has 2 aromatic rings. The summed E-state index contributed by atoms with van der Waals surface area (Å²) in [5.74, 6) is 0.224. The third-order valence-corrected chi connectivity index (χ3v) is 4.76. The predicted octanol–water partition coefficient (Wildman–Crippen LogP) is 2.57. The van der Waals surface area contributed by atoms with E-state index in [1.165, 1.54) is 6.26 Å². The normalized spacial score (nSPS) is 16.3. The maximum Gasteiger partial charge on any atom is 0.289 e. The van der Waals surface area contributed by atoms with E-state index in [-0.39, 0.29) is 17.9 Å². The molecule has 2 heterocycles. The second kappa shape index (κ2) is 8.38. The third-order valence-electron chi connectivity index (χ3n) is 4.51. The van der Waals surface area contributed by atoms with E-state index in [4.69, 9.17) is 16.0 Å². The zero-order valence-corrected chi connectivity index (χ0v) is 15.4. The molecule has 1 aromatic carbocycles. The molecule has 1 atom stereocenters. The lowest BCUT2D eigenvalue weighted by molar-refractivity contribution is -0.123. The number of halogens is 1. The Morgan fingerprint density at radius 3 is 2.46 bits per heavy atom. The molecule has 1 fully saturated rings. The number of benzene rings is 1. The van der Waals surface area contributed by atoms with Gasteiger partial charge in [-0.1, -0.05) is 23.7 Å². The van der Waals surface area contributed by atoms with Gasteiger partial charge >= 0.3 is 0 Å². The van der Waals surface area contributed by atoms with Gasteiger partial charge in [-0.3, -0.25) is 14.5 Å². The Labute approximate surface area is 157 Å². The van der Waals surface area contributed by atoms with Gasteiger partial charge in [0.2, 0.25) is 5.91 Å². The fourth-order valence-corrected chi connectivity index (χ4v) is 3.12. The number of furan rings is 1. The summed E-state index contributed by atoms with van der Waals surface area (Å²) < 4.78 is 5.16. The molecule has 1 N–H and O–H groups in total. The summed E-state index contributed by atoms with van der Waals surface area (Å²) in [6, 6.07) is 10.7. The molecule has 1 unspecified atom stereocenters. The minimum Gasteiger partial charge on any atom is -0.459 e. The van der Waals surface area contributed by atoms with Crippen LogP contribution in [0.1, 0.15) is 29.1 Å². The predicted molar refractivity (Wildman–Crippen MR) is 99.1 cm³/mol. The molecule has 1 aromatic heterocycles. The van der Waals surface area contributed by atoms with Gasteiger partial charge in [-0.25, -0.2) is 0 Å². The molecule has 0 radical (unpaired) electrons. The molecule has 6 nitrogen and oxygen atoms in total. The van der Waals surface area contributed by atoms with Crippen molar-refractivity contribution in [3.63, 3.8) is 0 Å². The van der Waals surface area contributed by atoms with Gasteiger partial charge in [-0.05, 0) is 36.8 Å². The van der Waals surface area contributed by atoms with Crippen LogP contribution >= 0.6 is 11.6 Å². The molecule has 7 heteroatoms. The van der Waals surface area contributed by atoms with Crippen molar-refractivity contribution in [3.8, 4) is 0 Å². The summed E-state index contributed by atoms with van der Waals surface area (Å²) in [5.41, 5.74) is 1.01. The molecule has 3 rings (SSSR count). The highest BCUT2D eigenvalue weighted by molar-refractivity contribution is 6.30. The summed E-state index contributed by atoms with van der Waals surface area (Å²) in [6.45, 7) is 4.76. The van der Waals surface area contributed by atoms with E-state index >= 15 is 0 Å². The summed E-state index contributed by atoms with van der Waals surface area (Å²) >= 11 is 5.89. The van der Waals surface area contributed by atoms with Crippen LogP contribution < -0.4 is 5.32 Å². The van der Waals surface area contributed by atoms with Gasteiger partial charge in [0.1, 0.15) is 0 Å². The first kappa shape index (κ1) is 18.5. The molecule has 0 saturated carbocycles. The number of nitrogens with one attached hydrogen (secondary N) is 1. The number of hydrogen-bond acceptors (Lipinski definition) is 4. The average molecular weight is 376 g/mol. The zero-order chi connectivity index (χ0) is 18.5. The van der Waals surface area contributed by atoms with Crippen LogP contribution in [0.3, 0.4) is 0 Å². The van der Waals surface area contributed by atoms with Gasteiger partial charge in [-0.15, -0.1) is 0 Å². The lowest BCUT2D eigenvalue weighted by atomic mass is 10.1. The van der Waals surface area contributed by atoms with E-state index < -0.39 is 0 Å². The molecule has 138 valence electrons. The minimum atomic E-state index is -0.101. The molecule has 1 aliphatic heterocycles. The number of rotatable bonds is 5. The molecule has 1 saturated heterocycles. The fourth-order valence-electron chi connectivity index (χ4n) is 2.99. The molecule has 0 bridgehead atoms. The van der Waals surface area contributed by atoms with Crippen molar-refractivity contribution >= 4 is 23.4 Å². The number of nitrogens with zero attached hydrogens (tertiary/aromatic N) is 2. The van der Waals surface area contributed by atoms with E-state index in [1.54, 1.807) is 17.0 Å². The Balaban J connectivity index is 1.44. The van der Waals surface area contributed by atoms with Gasteiger partial charge in [0.15, 0.2) is 5.76 Å². The van der Waals surface area contributed by atoms with E-state index in [0.29, 0.717) is 43.5 Å². The quantitative estimate of drug-likeness (QED) is 0.872. The van der Waals surface area contributed by atoms with E-state index in [0.717, 1.165) is 5.56 Å². The maximum atomic E-state index is 12.3. The van der Waals surface area contributed by atoms with Crippen molar-refractivity contribution in [1.29, 1.82) is 0 Å². The summed E-state index contributed by atoms with van der Waals surface area (Å²) in [7, 11) is 0. The maximum absolute atomic E-state index is 12.3. The number of carbonyl (C=O) groups is 2. The molecular formula is C19H22ClN3O3. The van der Waals surface area contributed by atoms with Crippen molar-refractivity contribution in [2.75, 3.05) is 32.7 Å². The molecule has 2 amide bonds. The monoisotopic (exact) mass is 375 g/mol. The second-order valence-corrected chi connectivity index (χ2v) is 6.82. The first-order chi connectivity index (χ1) is 12.5. The Bertz CT molecular complexity index is 738. The number of amides is 2. The van der Waals surface area contributed by atoms with Crippen molar-refractivity contribution in [2.45, 2.75) is 13.0 Å². The molecular weight excluding hydrogens is 354 g/mol. The number of carbonyl (C=O) groups excluding carboxylic acids is 2. The van der Waals surface area contributed by atoms with Crippen LogP contribution in [0.25, 0.3) is 0 Å². The van der Waals surface area contributed by atoms with Gasteiger partial charge in [0.25, 0.3) is 5.91 Å². The number of piperazine rings is 1. The minimum absolute atomic E-state index is 0.0294. The van der Waals surface area contributed by atoms with Crippen molar-refractivity contribution in [2.24, 2.45) is 0 Å². The van der Waals surface area contributed by atoms with Crippen LogP contribution in [-0.2, 0) is 4.79 Å². The highest BCUT2D eigenvalue weighted by atomic mass is 35.5. The van der Waals surface area contributed by atoms with Gasteiger partial charge in [0, 0.05) is 31.2 Å². The van der Waals surface area contributed by atoms with Gasteiger partial charge in [0.05, 0.1) is 18.8 Å². The zero-order valence-electron chi connectivity index (χ0n) is 14.7. The van der Waals surface area contributed by atoms with Crippen LogP contribution in [-0.4, -0.2) is 54.3 Å². The molecule has 26 heavy (non-hydrogen) atoms. The van der Waals surface area contributed by atoms with Crippen LogP contribution in [0.2, 0.25) is 5.02 Å². The van der Waals surface area contributed by atoms with Crippen molar-refractivity contribution in [3.05, 3.63) is 59.0 Å². The van der Waals surface area contributed by atoms with E-state index in [1.807, 2.05) is 31.2 Å². The van der Waals surface area contributed by atoms with Crippen molar-refractivity contribution in [1.82, 2.24) is 15.1 Å². The third kappa shape index (κ3) is 4.65. The Morgan fingerprint density at radius 2 is 1.85 bits per heavy atom. The fraction of sp³-hybridized carbons (Fsp3) is 0.368. The summed E-state index contributed by atoms with van der Waals surface area (Å²) in [6.07, 6.45) is 1.50. The Morgan fingerprint density at radius 1 is 1.15 bits per heavy atom. The first-order valence-corrected chi connectivity index (χ1v) is 9.00. The lowest BCUT2D eigenvalue weighted by Gasteiger charge is -2.34. The van der Waals surface area contributed by atoms with Crippen LogP contribution in [0, 0.1) is 0 Å². The smallest absolute Gasteiger partial charge is 0.289 e. The highest BCUT2D eigenvalue weighted by Gasteiger charge is 2.24. The molecule has 1 aliphatic rings. The van der Waals surface area contributed by atoms with E-state index in [2.05, 4.69) is 10.2 Å². The summed E-state index contributed by atoms with van der Waals surface area (Å²) in [4.78, 5) is 28.3.